The largest absolute Gasteiger partial charge is 0.379 e. The van der Waals surface area contributed by atoms with Crippen molar-refractivity contribution in [2.75, 3.05) is 5.32 Å². The molecule has 19 heavy (non-hydrogen) atoms. The Balaban J connectivity index is 1.66. The van der Waals surface area contributed by atoms with E-state index in [2.05, 4.69) is 15.4 Å². The minimum absolute atomic E-state index is 0.750. The van der Waals surface area contributed by atoms with Crippen LogP contribution in [0.25, 0.3) is 5.82 Å². The fraction of sp³-hybridized carbons (Fsp3) is 0.0769. The summed E-state index contributed by atoms with van der Waals surface area (Å²) in [5, 5.41) is 10.2. The second-order valence-corrected chi connectivity index (χ2v) is 5.37. The lowest BCUT2D eigenvalue weighted by molar-refractivity contribution is 0.847. The zero-order valence-electron chi connectivity index (χ0n) is 9.95. The molecule has 0 radical (unpaired) electrons. The van der Waals surface area contributed by atoms with E-state index in [4.69, 9.17) is 11.6 Å². The van der Waals surface area contributed by atoms with Gasteiger partial charge in [0.1, 0.15) is 0 Å². The third kappa shape index (κ3) is 2.94. The zero-order valence-corrected chi connectivity index (χ0v) is 11.5. The summed E-state index contributed by atoms with van der Waals surface area (Å²) in [6.45, 7) is 0.750. The predicted molar refractivity (Wildman–Crippen MR) is 78.0 cm³/mol. The lowest BCUT2D eigenvalue weighted by Crippen LogP contribution is -2.01. The Kier molecular flexibility index (Phi) is 3.48. The summed E-state index contributed by atoms with van der Waals surface area (Å²) in [6.07, 6.45) is 5.39. The van der Waals surface area contributed by atoms with E-state index in [0.29, 0.717) is 0 Å². The zero-order chi connectivity index (χ0) is 13.1. The molecule has 0 saturated heterocycles. The van der Waals surface area contributed by atoms with Crippen molar-refractivity contribution in [1.29, 1.82) is 0 Å². The van der Waals surface area contributed by atoms with Crippen LogP contribution in [0.15, 0.2) is 48.2 Å². The predicted octanol–water partition coefficient (Wildman–Crippen LogP) is 3.59. The van der Waals surface area contributed by atoms with Gasteiger partial charge >= 0.3 is 0 Å². The fourth-order valence-corrected chi connectivity index (χ4v) is 2.68. The Morgan fingerprint density at radius 2 is 2.32 bits per heavy atom. The van der Waals surface area contributed by atoms with Gasteiger partial charge in [0.25, 0.3) is 0 Å². The number of halogens is 1. The number of rotatable bonds is 4. The summed E-state index contributed by atoms with van der Waals surface area (Å²) in [5.41, 5.74) is 0.973. The van der Waals surface area contributed by atoms with Gasteiger partial charge in [-0.15, -0.1) is 11.3 Å². The Morgan fingerprint density at radius 3 is 2.95 bits per heavy atom. The lowest BCUT2D eigenvalue weighted by atomic mass is 10.4. The van der Waals surface area contributed by atoms with Crippen molar-refractivity contribution >= 4 is 28.6 Å². The molecule has 4 nitrogen and oxygen atoms in total. The van der Waals surface area contributed by atoms with Crippen LogP contribution >= 0.6 is 22.9 Å². The smallest absolute Gasteiger partial charge is 0.153 e. The topological polar surface area (TPSA) is 42.7 Å². The molecule has 0 spiro atoms. The average molecular weight is 291 g/mol. The molecule has 0 bridgehead atoms. The first-order valence-electron chi connectivity index (χ1n) is 5.74. The number of nitrogens with one attached hydrogen (secondary N) is 1. The van der Waals surface area contributed by atoms with Crippen molar-refractivity contribution in [1.82, 2.24) is 14.8 Å². The highest BCUT2D eigenvalue weighted by molar-refractivity contribution is 7.10. The van der Waals surface area contributed by atoms with E-state index in [1.165, 1.54) is 4.88 Å². The fourth-order valence-electron chi connectivity index (χ4n) is 1.67. The van der Waals surface area contributed by atoms with Gasteiger partial charge in [0.05, 0.1) is 16.9 Å². The maximum atomic E-state index is 5.88. The molecule has 6 heteroatoms. The number of aromatic nitrogens is 3. The van der Waals surface area contributed by atoms with Gasteiger partial charge in [-0.3, -0.25) is 0 Å². The normalized spacial score (nSPS) is 10.6. The van der Waals surface area contributed by atoms with Crippen molar-refractivity contribution in [2.45, 2.75) is 6.54 Å². The molecular weight excluding hydrogens is 280 g/mol. The first-order valence-corrected chi connectivity index (χ1v) is 7.00. The van der Waals surface area contributed by atoms with Crippen LogP contribution in [0.3, 0.4) is 0 Å². The van der Waals surface area contributed by atoms with Crippen LogP contribution in [0.4, 0.5) is 5.69 Å². The third-order valence-corrected chi connectivity index (χ3v) is 3.86. The molecule has 0 amide bonds. The molecule has 0 aromatic carbocycles. The van der Waals surface area contributed by atoms with Gasteiger partial charge in [0.15, 0.2) is 5.82 Å². The molecule has 0 atom stereocenters. The summed E-state index contributed by atoms with van der Waals surface area (Å²) >= 11 is 7.52. The van der Waals surface area contributed by atoms with Crippen molar-refractivity contribution < 1.29 is 0 Å². The second-order valence-electron chi connectivity index (χ2n) is 3.94. The van der Waals surface area contributed by atoms with Crippen molar-refractivity contribution in [3.05, 3.63) is 58.1 Å². The Hall–Kier alpha value is -1.85. The van der Waals surface area contributed by atoms with Crippen LogP contribution in [-0.2, 0) is 6.54 Å². The molecule has 0 aliphatic heterocycles. The van der Waals surface area contributed by atoms with Crippen molar-refractivity contribution in [3.8, 4) is 5.82 Å². The molecule has 0 aliphatic carbocycles. The van der Waals surface area contributed by atoms with Crippen LogP contribution < -0.4 is 5.32 Å². The summed E-state index contributed by atoms with van der Waals surface area (Å²) < 4.78 is 1.73. The number of thiophene rings is 1. The molecule has 3 heterocycles. The molecule has 96 valence electrons. The van der Waals surface area contributed by atoms with Gasteiger partial charge in [-0.1, -0.05) is 11.6 Å². The maximum Gasteiger partial charge on any atom is 0.153 e. The van der Waals surface area contributed by atoms with Gasteiger partial charge in [-0.25, -0.2) is 9.67 Å². The molecule has 0 aliphatic rings. The van der Waals surface area contributed by atoms with Gasteiger partial charge in [0.2, 0.25) is 0 Å². The van der Waals surface area contributed by atoms with Gasteiger partial charge in [-0.2, -0.15) is 5.10 Å². The molecule has 3 aromatic heterocycles. The summed E-state index contributed by atoms with van der Waals surface area (Å²) in [4.78, 5) is 5.55. The van der Waals surface area contributed by atoms with Crippen LogP contribution in [0.5, 0.6) is 0 Å². The molecule has 3 rings (SSSR count). The first-order chi connectivity index (χ1) is 9.31. The second kappa shape index (κ2) is 5.42. The Labute approximate surface area is 119 Å². The number of anilines is 1. The van der Waals surface area contributed by atoms with E-state index in [1.807, 2.05) is 35.8 Å². The standard InChI is InChI=1S/C13H11ClN4S/c14-10-6-12(19-9-10)8-15-11-2-3-13(16-7-11)18-5-1-4-17-18/h1-7,9,15H,8H2. The van der Waals surface area contributed by atoms with Crippen molar-refractivity contribution in [3.63, 3.8) is 0 Å². The quantitative estimate of drug-likeness (QED) is 0.798. The monoisotopic (exact) mass is 290 g/mol. The molecular formula is C13H11ClN4S. The number of hydrogen-bond acceptors (Lipinski definition) is 4. The Bertz CT molecular complexity index is 646. The summed E-state index contributed by atoms with van der Waals surface area (Å²) in [6, 6.07) is 7.75. The van der Waals surface area contributed by atoms with E-state index in [9.17, 15) is 0 Å². The van der Waals surface area contributed by atoms with E-state index < -0.39 is 0 Å². The molecule has 0 unspecified atom stereocenters. The SMILES string of the molecule is Clc1csc(CNc2ccc(-n3cccn3)nc2)c1. The number of hydrogen-bond donors (Lipinski definition) is 1. The minimum Gasteiger partial charge on any atom is -0.379 e. The highest BCUT2D eigenvalue weighted by Crippen LogP contribution is 2.20. The first kappa shape index (κ1) is 12.2. The van der Waals surface area contributed by atoms with E-state index >= 15 is 0 Å². The molecule has 0 fully saturated rings. The number of nitrogens with zero attached hydrogens (tertiary/aromatic N) is 3. The van der Waals surface area contributed by atoms with E-state index in [-0.39, 0.29) is 0 Å². The highest BCUT2D eigenvalue weighted by atomic mass is 35.5. The lowest BCUT2D eigenvalue weighted by Gasteiger charge is -2.05. The Morgan fingerprint density at radius 1 is 1.37 bits per heavy atom. The summed E-state index contributed by atoms with van der Waals surface area (Å²) in [5.74, 6) is 0.801. The third-order valence-electron chi connectivity index (χ3n) is 2.58. The van der Waals surface area contributed by atoms with Gasteiger partial charge < -0.3 is 5.32 Å². The van der Waals surface area contributed by atoms with Crippen LogP contribution in [0, 0.1) is 0 Å². The molecule has 0 saturated carbocycles. The van der Waals surface area contributed by atoms with Crippen LogP contribution in [0.1, 0.15) is 4.88 Å². The maximum absolute atomic E-state index is 5.88. The van der Waals surface area contributed by atoms with Gasteiger partial charge in [-0.05, 0) is 24.3 Å². The summed E-state index contributed by atoms with van der Waals surface area (Å²) in [7, 11) is 0. The highest BCUT2D eigenvalue weighted by Gasteiger charge is 2.00. The van der Waals surface area contributed by atoms with Crippen LogP contribution in [-0.4, -0.2) is 14.8 Å². The van der Waals surface area contributed by atoms with E-state index in [1.54, 1.807) is 28.4 Å². The van der Waals surface area contributed by atoms with Crippen molar-refractivity contribution in [2.24, 2.45) is 0 Å². The van der Waals surface area contributed by atoms with Gasteiger partial charge in [0, 0.05) is 29.2 Å². The number of pyridine rings is 1. The average Bonchev–Trinajstić information content (AvgIpc) is 3.08. The minimum atomic E-state index is 0.750. The van der Waals surface area contributed by atoms with Crippen LogP contribution in [0.2, 0.25) is 5.02 Å². The molecule has 1 N–H and O–H groups in total. The molecule has 3 aromatic rings. The van der Waals surface area contributed by atoms with E-state index in [0.717, 1.165) is 23.1 Å².